The topological polar surface area (TPSA) is 56.0 Å². The van der Waals surface area contributed by atoms with Crippen LogP contribution in [-0.4, -0.2) is 24.6 Å². The maximum Gasteiger partial charge on any atom is 0.171 e. The first-order valence-corrected chi connectivity index (χ1v) is 5.92. The lowest BCUT2D eigenvalue weighted by atomic mass is 10.2. The second-order valence-electron chi connectivity index (χ2n) is 4.22. The monoisotopic (exact) mass is 247 g/mol. The van der Waals surface area contributed by atoms with Gasteiger partial charge in [0.2, 0.25) is 0 Å². The average molecular weight is 247 g/mol. The summed E-state index contributed by atoms with van der Waals surface area (Å²) in [5.74, 6) is 0.798. The van der Waals surface area contributed by atoms with Crippen molar-refractivity contribution in [2.45, 2.75) is 0 Å². The third kappa shape index (κ3) is 1.48. The van der Waals surface area contributed by atoms with Crippen LogP contribution in [0.25, 0.3) is 27.9 Å². The molecule has 5 heteroatoms. The first-order valence-electron chi connectivity index (χ1n) is 5.92. The fourth-order valence-corrected chi connectivity index (χ4v) is 2.20. The number of hydrogen-bond acceptors (Lipinski definition) is 4. The van der Waals surface area contributed by atoms with Gasteiger partial charge >= 0.3 is 0 Å². The van der Waals surface area contributed by atoms with Gasteiger partial charge in [0.15, 0.2) is 5.65 Å². The molecule has 0 fully saturated rings. The molecule has 0 amide bonds. The van der Waals surface area contributed by atoms with Crippen LogP contribution in [0.3, 0.4) is 0 Å². The van der Waals surface area contributed by atoms with Crippen molar-refractivity contribution < 1.29 is 0 Å². The fraction of sp³-hybridized carbons (Fsp3) is 0. The van der Waals surface area contributed by atoms with E-state index in [-0.39, 0.29) is 0 Å². The molecule has 0 unspecified atom stereocenters. The van der Waals surface area contributed by atoms with Crippen molar-refractivity contribution in [3.8, 4) is 11.4 Å². The number of aromatic nitrogens is 5. The van der Waals surface area contributed by atoms with Crippen LogP contribution in [0.2, 0.25) is 0 Å². The predicted molar refractivity (Wildman–Crippen MR) is 71.5 cm³/mol. The summed E-state index contributed by atoms with van der Waals surface area (Å²) in [5, 5.41) is 9.17. The van der Waals surface area contributed by atoms with Crippen LogP contribution in [0, 0.1) is 0 Å². The molecule has 90 valence electrons. The summed E-state index contributed by atoms with van der Waals surface area (Å²) in [7, 11) is 0. The summed E-state index contributed by atoms with van der Waals surface area (Å²) in [6.07, 6.45) is 5.21. The van der Waals surface area contributed by atoms with Crippen LogP contribution in [0.4, 0.5) is 0 Å². The molecule has 1 aromatic carbocycles. The molecular formula is C14H9N5. The summed E-state index contributed by atoms with van der Waals surface area (Å²) in [6.45, 7) is 0. The van der Waals surface area contributed by atoms with Gasteiger partial charge in [-0.3, -0.25) is 9.38 Å². The van der Waals surface area contributed by atoms with Gasteiger partial charge < -0.3 is 0 Å². The van der Waals surface area contributed by atoms with Crippen LogP contribution in [0.15, 0.2) is 55.1 Å². The fourth-order valence-electron chi connectivity index (χ4n) is 2.20. The second kappa shape index (κ2) is 3.84. The number of hydrogen-bond donors (Lipinski definition) is 0. The predicted octanol–water partition coefficient (Wildman–Crippen LogP) is 2.34. The highest BCUT2D eigenvalue weighted by atomic mass is 15.2. The third-order valence-corrected chi connectivity index (χ3v) is 3.07. The van der Waals surface area contributed by atoms with Crippen molar-refractivity contribution in [2.75, 3.05) is 0 Å². The molecule has 0 atom stereocenters. The lowest BCUT2D eigenvalue weighted by Gasteiger charge is -2.06. The lowest BCUT2D eigenvalue weighted by molar-refractivity contribution is 1.09. The minimum absolute atomic E-state index is 0.798. The van der Waals surface area contributed by atoms with E-state index in [2.05, 4.69) is 20.2 Å². The Hall–Kier alpha value is -2.82. The standard InChI is InChI=1S/C14H9N5/c1-2-6-12-11(5-1)14-18-16-9-19(14)13(17-12)10-4-3-7-15-8-10/h1-9H. The van der Waals surface area contributed by atoms with Gasteiger partial charge in [-0.15, -0.1) is 10.2 Å². The van der Waals surface area contributed by atoms with E-state index in [1.807, 2.05) is 40.8 Å². The molecule has 19 heavy (non-hydrogen) atoms. The van der Waals surface area contributed by atoms with Crippen molar-refractivity contribution in [3.05, 3.63) is 55.1 Å². The Morgan fingerprint density at radius 3 is 2.84 bits per heavy atom. The molecule has 0 N–H and O–H groups in total. The van der Waals surface area contributed by atoms with E-state index in [1.165, 1.54) is 0 Å². The van der Waals surface area contributed by atoms with Crippen molar-refractivity contribution in [3.63, 3.8) is 0 Å². The highest BCUT2D eigenvalue weighted by Gasteiger charge is 2.10. The van der Waals surface area contributed by atoms with E-state index >= 15 is 0 Å². The highest BCUT2D eigenvalue weighted by Crippen LogP contribution is 2.23. The SMILES string of the molecule is c1cncc(-c2nc3ccccc3c3nncn23)c1. The first-order chi connectivity index (χ1) is 9.43. The van der Waals surface area contributed by atoms with Crippen molar-refractivity contribution >= 4 is 16.6 Å². The van der Waals surface area contributed by atoms with Gasteiger partial charge in [0.05, 0.1) is 5.52 Å². The second-order valence-corrected chi connectivity index (χ2v) is 4.22. The smallest absolute Gasteiger partial charge is 0.171 e. The molecule has 0 bridgehead atoms. The van der Waals surface area contributed by atoms with Crippen LogP contribution in [0.5, 0.6) is 0 Å². The number of nitrogens with zero attached hydrogens (tertiary/aromatic N) is 5. The third-order valence-electron chi connectivity index (χ3n) is 3.07. The van der Waals surface area contributed by atoms with Gasteiger partial charge in [-0.2, -0.15) is 0 Å². The first kappa shape index (κ1) is 10.1. The Morgan fingerprint density at radius 1 is 1.00 bits per heavy atom. The van der Waals surface area contributed by atoms with E-state index in [4.69, 9.17) is 0 Å². The van der Waals surface area contributed by atoms with Crippen LogP contribution < -0.4 is 0 Å². The van der Waals surface area contributed by atoms with Gasteiger partial charge in [-0.25, -0.2) is 4.98 Å². The molecule has 4 aromatic rings. The Labute approximate surface area is 108 Å². The quantitative estimate of drug-likeness (QED) is 0.518. The highest BCUT2D eigenvalue weighted by molar-refractivity contribution is 5.92. The van der Waals surface area contributed by atoms with Gasteiger partial charge in [0, 0.05) is 23.3 Å². The number of rotatable bonds is 1. The Morgan fingerprint density at radius 2 is 1.95 bits per heavy atom. The number of benzene rings is 1. The molecule has 5 nitrogen and oxygen atoms in total. The van der Waals surface area contributed by atoms with Crippen molar-refractivity contribution in [1.29, 1.82) is 0 Å². The average Bonchev–Trinajstić information content (AvgIpc) is 2.97. The van der Waals surface area contributed by atoms with E-state index in [0.717, 1.165) is 27.9 Å². The van der Waals surface area contributed by atoms with Crippen LogP contribution in [0.1, 0.15) is 0 Å². The molecule has 0 aliphatic carbocycles. The summed E-state index contributed by atoms with van der Waals surface area (Å²) in [5.41, 5.74) is 2.66. The van der Waals surface area contributed by atoms with E-state index < -0.39 is 0 Å². The molecule has 3 heterocycles. The molecular weight excluding hydrogens is 238 g/mol. The molecule has 0 saturated heterocycles. The molecule has 4 rings (SSSR count). The van der Waals surface area contributed by atoms with Crippen LogP contribution in [-0.2, 0) is 0 Å². The summed E-state index contributed by atoms with van der Waals surface area (Å²) >= 11 is 0. The maximum atomic E-state index is 4.69. The zero-order chi connectivity index (χ0) is 12.7. The van der Waals surface area contributed by atoms with Gasteiger partial charge in [0.1, 0.15) is 12.2 Å². The maximum absolute atomic E-state index is 4.69. The minimum atomic E-state index is 0.798. The Balaban J connectivity index is 2.17. The van der Waals surface area contributed by atoms with E-state index in [9.17, 15) is 0 Å². The van der Waals surface area contributed by atoms with Gasteiger partial charge in [-0.1, -0.05) is 12.1 Å². The molecule has 0 aliphatic heterocycles. The molecule has 0 spiro atoms. The molecule has 0 radical (unpaired) electrons. The minimum Gasteiger partial charge on any atom is -0.264 e. The van der Waals surface area contributed by atoms with E-state index in [1.54, 1.807) is 18.7 Å². The summed E-state index contributed by atoms with van der Waals surface area (Å²) in [6, 6.07) is 11.8. The van der Waals surface area contributed by atoms with E-state index in [0.29, 0.717) is 0 Å². The number of pyridine rings is 1. The Kier molecular flexibility index (Phi) is 2.05. The summed E-state index contributed by atoms with van der Waals surface area (Å²) in [4.78, 5) is 8.83. The zero-order valence-electron chi connectivity index (χ0n) is 9.93. The normalized spacial score (nSPS) is 11.2. The molecule has 3 aromatic heterocycles. The summed E-state index contributed by atoms with van der Waals surface area (Å²) < 4.78 is 1.89. The van der Waals surface area contributed by atoms with Crippen molar-refractivity contribution in [1.82, 2.24) is 24.6 Å². The lowest BCUT2D eigenvalue weighted by Crippen LogP contribution is -1.97. The largest absolute Gasteiger partial charge is 0.264 e. The number of para-hydroxylation sites is 1. The van der Waals surface area contributed by atoms with Crippen molar-refractivity contribution in [2.24, 2.45) is 0 Å². The Bertz CT molecular complexity index is 867. The molecule has 0 aliphatic rings. The van der Waals surface area contributed by atoms with Gasteiger partial charge in [0.25, 0.3) is 0 Å². The van der Waals surface area contributed by atoms with Gasteiger partial charge in [-0.05, 0) is 24.3 Å². The molecule has 0 saturated carbocycles. The van der Waals surface area contributed by atoms with Crippen LogP contribution >= 0.6 is 0 Å². The zero-order valence-corrected chi connectivity index (χ0v) is 9.93. The number of fused-ring (bicyclic) bond motifs is 3.